The topological polar surface area (TPSA) is 51.6 Å². The van der Waals surface area contributed by atoms with E-state index in [9.17, 15) is 0 Å². The molecule has 1 aromatic heterocycles. The number of pyridine rings is 1. The monoisotopic (exact) mass is 279 g/mol. The molecule has 1 heterocycles. The highest BCUT2D eigenvalue weighted by Crippen LogP contribution is 2.29. The molecule has 100 valence electrons. The Balaban J connectivity index is 2.18. The maximum absolute atomic E-state index is 8.98. The third kappa shape index (κ3) is 3.59. The van der Waals surface area contributed by atoms with Crippen molar-refractivity contribution in [2.75, 3.05) is 6.61 Å². The molecule has 0 spiro atoms. The molecule has 0 saturated heterocycles. The van der Waals surface area contributed by atoms with Crippen molar-refractivity contribution in [3.63, 3.8) is 0 Å². The van der Waals surface area contributed by atoms with Gasteiger partial charge in [-0.25, -0.2) is 4.98 Å². The first-order valence-electron chi connectivity index (χ1n) is 5.89. The van der Waals surface area contributed by atoms with Gasteiger partial charge >= 0.3 is 0 Å². The van der Waals surface area contributed by atoms with E-state index in [4.69, 9.17) is 26.2 Å². The Morgan fingerprint density at radius 2 is 2.05 bits per heavy atom. The maximum Gasteiger partial charge on any atom is 0.238 e. The lowest BCUT2D eigenvalue weighted by Crippen LogP contribution is -1.94. The molecule has 0 aliphatic rings. The van der Waals surface area contributed by atoms with E-state index in [2.05, 4.69) is 4.98 Å². The Morgan fingerprint density at radius 3 is 2.74 bits per heavy atom. The molecule has 0 amide bonds. The van der Waals surface area contributed by atoms with Gasteiger partial charge in [0, 0.05) is 12.3 Å². The number of benzene rings is 1. The standard InChI is InChI=1S/C14H14ClNO3/c1-2-18-11-4-3-5-12(7-11)19-14-13(15)6-10(9-17)8-16-14/h3-8,17H,2,9H2,1H3. The van der Waals surface area contributed by atoms with Crippen molar-refractivity contribution in [1.29, 1.82) is 0 Å². The van der Waals surface area contributed by atoms with Crippen LogP contribution in [0.4, 0.5) is 0 Å². The number of aliphatic hydroxyl groups excluding tert-OH is 1. The third-order valence-electron chi connectivity index (χ3n) is 2.38. The number of aromatic nitrogens is 1. The highest BCUT2D eigenvalue weighted by atomic mass is 35.5. The lowest BCUT2D eigenvalue weighted by Gasteiger charge is -2.09. The van der Waals surface area contributed by atoms with E-state index < -0.39 is 0 Å². The molecule has 2 rings (SSSR count). The van der Waals surface area contributed by atoms with E-state index in [1.165, 1.54) is 6.20 Å². The number of hydrogen-bond donors (Lipinski definition) is 1. The van der Waals surface area contributed by atoms with Gasteiger partial charge in [-0.3, -0.25) is 0 Å². The van der Waals surface area contributed by atoms with Gasteiger partial charge in [-0.1, -0.05) is 17.7 Å². The molecular formula is C14H14ClNO3. The van der Waals surface area contributed by atoms with E-state index in [0.29, 0.717) is 28.8 Å². The van der Waals surface area contributed by atoms with Crippen LogP contribution in [-0.2, 0) is 6.61 Å². The van der Waals surface area contributed by atoms with Crippen LogP contribution in [0.5, 0.6) is 17.4 Å². The van der Waals surface area contributed by atoms with Crippen molar-refractivity contribution in [1.82, 2.24) is 4.98 Å². The number of nitrogens with zero attached hydrogens (tertiary/aromatic N) is 1. The van der Waals surface area contributed by atoms with Crippen molar-refractivity contribution in [3.8, 4) is 17.4 Å². The van der Waals surface area contributed by atoms with E-state index in [1.54, 1.807) is 18.2 Å². The van der Waals surface area contributed by atoms with Crippen LogP contribution < -0.4 is 9.47 Å². The Labute approximate surface area is 116 Å². The average Bonchev–Trinajstić information content (AvgIpc) is 2.42. The van der Waals surface area contributed by atoms with Gasteiger partial charge in [0.1, 0.15) is 16.5 Å². The molecular weight excluding hydrogens is 266 g/mol. The van der Waals surface area contributed by atoms with E-state index in [-0.39, 0.29) is 6.61 Å². The molecule has 0 atom stereocenters. The molecule has 0 fully saturated rings. The summed E-state index contributed by atoms with van der Waals surface area (Å²) in [5.74, 6) is 1.62. The van der Waals surface area contributed by atoms with Crippen LogP contribution in [0.1, 0.15) is 12.5 Å². The molecule has 4 nitrogen and oxygen atoms in total. The maximum atomic E-state index is 8.98. The largest absolute Gasteiger partial charge is 0.494 e. The van der Waals surface area contributed by atoms with Crippen LogP contribution in [0, 0.1) is 0 Å². The van der Waals surface area contributed by atoms with Crippen molar-refractivity contribution in [2.45, 2.75) is 13.5 Å². The summed E-state index contributed by atoms with van der Waals surface area (Å²) in [6, 6.07) is 8.86. The molecule has 0 aliphatic carbocycles. The number of aliphatic hydroxyl groups is 1. The van der Waals surface area contributed by atoms with Gasteiger partial charge in [0.15, 0.2) is 0 Å². The number of hydrogen-bond acceptors (Lipinski definition) is 4. The van der Waals surface area contributed by atoms with Gasteiger partial charge in [0.25, 0.3) is 0 Å². The highest BCUT2D eigenvalue weighted by Gasteiger charge is 2.07. The predicted octanol–water partition coefficient (Wildman–Crippen LogP) is 3.42. The van der Waals surface area contributed by atoms with Crippen LogP contribution in [0.2, 0.25) is 5.02 Å². The lowest BCUT2D eigenvalue weighted by molar-refractivity contribution is 0.281. The second kappa shape index (κ2) is 6.41. The summed E-state index contributed by atoms with van der Waals surface area (Å²) in [7, 11) is 0. The van der Waals surface area contributed by atoms with E-state index >= 15 is 0 Å². The highest BCUT2D eigenvalue weighted by molar-refractivity contribution is 6.31. The summed E-state index contributed by atoms with van der Waals surface area (Å²) in [5, 5.41) is 9.34. The molecule has 1 aromatic carbocycles. The fraction of sp³-hybridized carbons (Fsp3) is 0.214. The zero-order valence-corrected chi connectivity index (χ0v) is 11.2. The number of halogens is 1. The van der Waals surface area contributed by atoms with Gasteiger partial charge in [0.2, 0.25) is 5.88 Å². The quantitative estimate of drug-likeness (QED) is 0.911. The zero-order valence-electron chi connectivity index (χ0n) is 10.5. The second-order valence-corrected chi connectivity index (χ2v) is 4.21. The summed E-state index contributed by atoms with van der Waals surface area (Å²) in [5.41, 5.74) is 0.639. The van der Waals surface area contributed by atoms with E-state index in [1.807, 2.05) is 19.1 Å². The Morgan fingerprint density at radius 1 is 1.26 bits per heavy atom. The zero-order chi connectivity index (χ0) is 13.7. The van der Waals surface area contributed by atoms with Crippen molar-refractivity contribution >= 4 is 11.6 Å². The van der Waals surface area contributed by atoms with Crippen molar-refractivity contribution in [3.05, 3.63) is 47.1 Å². The third-order valence-corrected chi connectivity index (χ3v) is 2.65. The molecule has 0 saturated carbocycles. The summed E-state index contributed by atoms with van der Waals surface area (Å²) < 4.78 is 11.0. The van der Waals surface area contributed by atoms with Gasteiger partial charge in [-0.05, 0) is 30.7 Å². The fourth-order valence-electron chi connectivity index (χ4n) is 1.53. The van der Waals surface area contributed by atoms with Gasteiger partial charge in [0.05, 0.1) is 13.2 Å². The lowest BCUT2D eigenvalue weighted by atomic mass is 10.3. The molecule has 0 aliphatic heterocycles. The molecule has 0 radical (unpaired) electrons. The SMILES string of the molecule is CCOc1cccc(Oc2ncc(CO)cc2Cl)c1. The van der Waals surface area contributed by atoms with Gasteiger partial charge < -0.3 is 14.6 Å². The van der Waals surface area contributed by atoms with Crippen molar-refractivity contribution in [2.24, 2.45) is 0 Å². The number of rotatable bonds is 5. The van der Waals surface area contributed by atoms with Crippen LogP contribution >= 0.6 is 11.6 Å². The Bertz CT molecular complexity index is 560. The van der Waals surface area contributed by atoms with Crippen LogP contribution in [0.15, 0.2) is 36.5 Å². The minimum atomic E-state index is -0.104. The fourth-order valence-corrected chi connectivity index (χ4v) is 1.76. The van der Waals surface area contributed by atoms with Crippen LogP contribution in [0.25, 0.3) is 0 Å². The molecule has 2 aromatic rings. The van der Waals surface area contributed by atoms with Crippen molar-refractivity contribution < 1.29 is 14.6 Å². The average molecular weight is 280 g/mol. The second-order valence-electron chi connectivity index (χ2n) is 3.80. The predicted molar refractivity (Wildman–Crippen MR) is 72.9 cm³/mol. The minimum Gasteiger partial charge on any atom is -0.494 e. The summed E-state index contributed by atoms with van der Waals surface area (Å²) in [6.45, 7) is 2.40. The van der Waals surface area contributed by atoms with Crippen LogP contribution in [0.3, 0.4) is 0 Å². The molecule has 1 N–H and O–H groups in total. The summed E-state index contributed by atoms with van der Waals surface area (Å²) in [4.78, 5) is 4.07. The summed E-state index contributed by atoms with van der Waals surface area (Å²) in [6.07, 6.45) is 1.52. The van der Waals surface area contributed by atoms with Crippen LogP contribution in [-0.4, -0.2) is 16.7 Å². The summed E-state index contributed by atoms with van der Waals surface area (Å²) >= 11 is 6.03. The molecule has 0 unspecified atom stereocenters. The first kappa shape index (κ1) is 13.6. The first-order valence-corrected chi connectivity index (χ1v) is 6.26. The smallest absolute Gasteiger partial charge is 0.238 e. The molecule has 5 heteroatoms. The first-order chi connectivity index (χ1) is 9.22. The molecule has 0 bridgehead atoms. The Kier molecular flexibility index (Phi) is 4.60. The van der Waals surface area contributed by atoms with E-state index in [0.717, 1.165) is 5.75 Å². The minimum absolute atomic E-state index is 0.104. The molecule has 19 heavy (non-hydrogen) atoms. The number of ether oxygens (including phenoxy) is 2. The van der Waals surface area contributed by atoms with Gasteiger partial charge in [-0.2, -0.15) is 0 Å². The normalized spacial score (nSPS) is 10.3. The Hall–Kier alpha value is -1.78. The van der Waals surface area contributed by atoms with Gasteiger partial charge in [-0.15, -0.1) is 0 Å².